The third-order valence-electron chi connectivity index (χ3n) is 15.0. The van der Waals surface area contributed by atoms with Crippen LogP contribution in [0, 0.1) is 0 Å². The lowest BCUT2D eigenvalue weighted by Crippen LogP contribution is -2.30. The molecule has 0 aromatic rings. The van der Waals surface area contributed by atoms with Gasteiger partial charge in [0, 0.05) is 19.3 Å². The van der Waals surface area contributed by atoms with E-state index >= 15 is 0 Å². The molecule has 1 unspecified atom stereocenters. The van der Waals surface area contributed by atoms with Gasteiger partial charge < -0.3 is 14.2 Å². The van der Waals surface area contributed by atoms with Crippen LogP contribution in [0.2, 0.25) is 0 Å². The summed E-state index contributed by atoms with van der Waals surface area (Å²) in [6.07, 6.45) is 75.0. The van der Waals surface area contributed by atoms with Crippen molar-refractivity contribution >= 4 is 17.9 Å². The molecule has 0 fully saturated rings. The van der Waals surface area contributed by atoms with Gasteiger partial charge in [0.2, 0.25) is 0 Å². The van der Waals surface area contributed by atoms with E-state index in [1.54, 1.807) is 0 Å². The summed E-state index contributed by atoms with van der Waals surface area (Å²) >= 11 is 0. The molecule has 6 nitrogen and oxygen atoms in total. The zero-order valence-electron chi connectivity index (χ0n) is 49.4. The van der Waals surface area contributed by atoms with Crippen molar-refractivity contribution in [3.63, 3.8) is 0 Å². The van der Waals surface area contributed by atoms with E-state index in [4.69, 9.17) is 14.2 Å². The molecule has 6 heteroatoms. The highest BCUT2D eigenvalue weighted by atomic mass is 16.6. The number of carbonyl (C=O) groups is 3. The minimum absolute atomic E-state index is 0.0715. The van der Waals surface area contributed by atoms with Crippen molar-refractivity contribution < 1.29 is 28.6 Å². The van der Waals surface area contributed by atoms with E-state index in [1.807, 2.05) is 0 Å². The Bertz CT molecular complexity index is 1180. The maximum absolute atomic E-state index is 12.9. The molecule has 0 aliphatic carbocycles. The summed E-state index contributed by atoms with van der Waals surface area (Å²) in [6, 6.07) is 0. The second kappa shape index (κ2) is 62.4. The van der Waals surface area contributed by atoms with E-state index in [2.05, 4.69) is 45.1 Å². The van der Waals surface area contributed by atoms with Gasteiger partial charge in [-0.1, -0.05) is 321 Å². The van der Waals surface area contributed by atoms with Crippen molar-refractivity contribution in [2.45, 2.75) is 374 Å². The molecule has 0 aromatic heterocycles. The van der Waals surface area contributed by atoms with Gasteiger partial charge in [0.05, 0.1) is 0 Å². The van der Waals surface area contributed by atoms with E-state index < -0.39 is 6.10 Å². The fourth-order valence-corrected chi connectivity index (χ4v) is 10.0. The summed E-state index contributed by atoms with van der Waals surface area (Å²) in [5.74, 6) is -0.863. The van der Waals surface area contributed by atoms with Crippen LogP contribution in [0.5, 0.6) is 0 Å². The van der Waals surface area contributed by atoms with Crippen LogP contribution >= 0.6 is 0 Å². The molecule has 1 atom stereocenters. The number of esters is 3. The largest absolute Gasteiger partial charge is 0.462 e. The van der Waals surface area contributed by atoms with E-state index in [0.717, 1.165) is 77.0 Å². The molecule has 430 valence electrons. The molecule has 0 aromatic carbocycles. The normalized spacial score (nSPS) is 12.1. The van der Waals surface area contributed by atoms with E-state index in [-0.39, 0.29) is 31.1 Å². The molecule has 0 aliphatic heterocycles. The Morgan fingerprint density at radius 3 is 0.767 bits per heavy atom. The zero-order valence-corrected chi connectivity index (χ0v) is 49.4. The van der Waals surface area contributed by atoms with Gasteiger partial charge in [-0.3, -0.25) is 14.4 Å². The standard InChI is InChI=1S/C67H126O6/c1-4-7-10-13-16-19-22-24-26-28-29-30-31-32-33-34-35-36-37-38-39-40-42-43-45-48-51-54-57-60-66(69)72-63-64(62-71-65(68)59-56-53-50-47-21-18-15-12-9-6-3)73-67(70)61-58-55-52-49-46-44-41-27-25-23-20-17-14-11-8-5-2/h20,23,27,41,64H,4-19,21-22,24-26,28-40,42-63H2,1-3H3/b23-20-,41-27-. The molecule has 0 rings (SSSR count). The van der Waals surface area contributed by atoms with Gasteiger partial charge in [0.1, 0.15) is 13.2 Å². The summed E-state index contributed by atoms with van der Waals surface area (Å²) < 4.78 is 16.9. The Morgan fingerprint density at radius 2 is 0.493 bits per heavy atom. The molecule has 0 aliphatic rings. The van der Waals surface area contributed by atoms with Crippen molar-refractivity contribution in [2.75, 3.05) is 13.2 Å². The van der Waals surface area contributed by atoms with E-state index in [0.29, 0.717) is 19.3 Å². The topological polar surface area (TPSA) is 78.9 Å². The summed E-state index contributed by atoms with van der Waals surface area (Å²) in [4.78, 5) is 38.2. The maximum atomic E-state index is 12.9. The second-order valence-corrected chi connectivity index (χ2v) is 22.4. The Kier molecular flexibility index (Phi) is 60.6. The SMILES string of the molecule is CCCCCC/C=C\C/C=C\CCCCCCCC(=O)OC(COC(=O)CCCCCCCCCCCC)COC(=O)CCCCCCCCCCCCCCCCCCCCCCCCCCCCCCC. The van der Waals surface area contributed by atoms with Gasteiger partial charge in [0.25, 0.3) is 0 Å². The molecule has 0 amide bonds. The Hall–Kier alpha value is -2.11. The summed E-state index contributed by atoms with van der Waals surface area (Å²) in [7, 11) is 0. The third kappa shape index (κ3) is 60.6. The quantitative estimate of drug-likeness (QED) is 0.0261. The molecule has 0 bridgehead atoms. The van der Waals surface area contributed by atoms with Crippen LogP contribution in [0.25, 0.3) is 0 Å². The first kappa shape index (κ1) is 70.9. The lowest BCUT2D eigenvalue weighted by molar-refractivity contribution is -0.167. The minimum atomic E-state index is -0.774. The number of rotatable bonds is 61. The highest BCUT2D eigenvalue weighted by molar-refractivity contribution is 5.71. The Balaban J connectivity index is 4.09. The van der Waals surface area contributed by atoms with Crippen LogP contribution in [0.1, 0.15) is 367 Å². The van der Waals surface area contributed by atoms with Crippen molar-refractivity contribution in [2.24, 2.45) is 0 Å². The third-order valence-corrected chi connectivity index (χ3v) is 15.0. The molecule has 0 spiro atoms. The Morgan fingerprint density at radius 1 is 0.274 bits per heavy atom. The van der Waals surface area contributed by atoms with Crippen LogP contribution in [-0.4, -0.2) is 37.2 Å². The smallest absolute Gasteiger partial charge is 0.306 e. The number of carbonyl (C=O) groups excluding carboxylic acids is 3. The second-order valence-electron chi connectivity index (χ2n) is 22.4. The molecule has 73 heavy (non-hydrogen) atoms. The van der Waals surface area contributed by atoms with Crippen LogP contribution in [0.4, 0.5) is 0 Å². The zero-order chi connectivity index (χ0) is 52.9. The van der Waals surface area contributed by atoms with Crippen LogP contribution in [-0.2, 0) is 28.6 Å². The molecule has 0 N–H and O–H groups in total. The average Bonchev–Trinajstić information content (AvgIpc) is 3.39. The van der Waals surface area contributed by atoms with Crippen molar-refractivity contribution in [3.05, 3.63) is 24.3 Å². The van der Waals surface area contributed by atoms with Gasteiger partial charge in [-0.15, -0.1) is 0 Å². The molecular formula is C67H126O6. The van der Waals surface area contributed by atoms with Crippen molar-refractivity contribution in [3.8, 4) is 0 Å². The average molecular weight is 1030 g/mol. The lowest BCUT2D eigenvalue weighted by atomic mass is 10.0. The first-order valence-corrected chi connectivity index (χ1v) is 32.8. The number of ether oxygens (including phenoxy) is 3. The summed E-state index contributed by atoms with van der Waals surface area (Å²) in [5.41, 5.74) is 0. The summed E-state index contributed by atoms with van der Waals surface area (Å²) in [6.45, 7) is 6.66. The van der Waals surface area contributed by atoms with Gasteiger partial charge >= 0.3 is 17.9 Å². The predicted octanol–water partition coefficient (Wildman–Crippen LogP) is 22.2. The van der Waals surface area contributed by atoms with E-state index in [1.165, 1.54) is 250 Å². The predicted molar refractivity (Wildman–Crippen MR) is 316 cm³/mol. The van der Waals surface area contributed by atoms with Crippen LogP contribution in [0.3, 0.4) is 0 Å². The molecule has 0 saturated carbocycles. The number of hydrogen-bond acceptors (Lipinski definition) is 6. The van der Waals surface area contributed by atoms with Crippen LogP contribution < -0.4 is 0 Å². The monoisotopic (exact) mass is 1030 g/mol. The fraction of sp³-hybridized carbons (Fsp3) is 0.896. The lowest BCUT2D eigenvalue weighted by Gasteiger charge is -2.18. The molecule has 0 saturated heterocycles. The minimum Gasteiger partial charge on any atom is -0.462 e. The number of hydrogen-bond donors (Lipinski definition) is 0. The van der Waals surface area contributed by atoms with Gasteiger partial charge in [0.15, 0.2) is 6.10 Å². The number of unbranched alkanes of at least 4 members (excludes halogenated alkanes) is 46. The van der Waals surface area contributed by atoms with Gasteiger partial charge in [-0.2, -0.15) is 0 Å². The van der Waals surface area contributed by atoms with Gasteiger partial charge in [-0.05, 0) is 51.4 Å². The molecule has 0 radical (unpaired) electrons. The van der Waals surface area contributed by atoms with Crippen LogP contribution in [0.15, 0.2) is 24.3 Å². The molecule has 0 heterocycles. The Labute approximate surface area is 455 Å². The first-order chi connectivity index (χ1) is 36.0. The summed E-state index contributed by atoms with van der Waals surface area (Å²) in [5, 5.41) is 0. The van der Waals surface area contributed by atoms with Crippen molar-refractivity contribution in [1.29, 1.82) is 0 Å². The molecular weight excluding hydrogens is 901 g/mol. The maximum Gasteiger partial charge on any atom is 0.306 e. The van der Waals surface area contributed by atoms with Crippen molar-refractivity contribution in [1.82, 2.24) is 0 Å². The van der Waals surface area contributed by atoms with E-state index in [9.17, 15) is 14.4 Å². The first-order valence-electron chi connectivity index (χ1n) is 32.8. The highest BCUT2D eigenvalue weighted by Gasteiger charge is 2.19. The van der Waals surface area contributed by atoms with Gasteiger partial charge in [-0.25, -0.2) is 0 Å². The fourth-order valence-electron chi connectivity index (χ4n) is 10.0. The highest BCUT2D eigenvalue weighted by Crippen LogP contribution is 2.18. The number of allylic oxidation sites excluding steroid dienone is 4.